The molecule has 0 radical (unpaired) electrons. The number of ether oxygens (including phenoxy) is 1. The lowest BCUT2D eigenvalue weighted by molar-refractivity contribution is -0.141. The second kappa shape index (κ2) is 5.40. The van der Waals surface area contributed by atoms with Crippen molar-refractivity contribution in [2.24, 2.45) is 5.41 Å². The van der Waals surface area contributed by atoms with Gasteiger partial charge in [-0.15, -0.1) is 11.8 Å². The highest BCUT2D eigenvalue weighted by atomic mass is 32.2. The Morgan fingerprint density at radius 2 is 2.39 bits per heavy atom. The van der Waals surface area contributed by atoms with Crippen LogP contribution in [0.1, 0.15) is 24.8 Å². The van der Waals surface area contributed by atoms with Gasteiger partial charge < -0.3 is 4.74 Å². The molecule has 0 aliphatic heterocycles. The van der Waals surface area contributed by atoms with Gasteiger partial charge in [-0.05, 0) is 30.4 Å². The number of carbonyl (C=O) groups is 1. The van der Waals surface area contributed by atoms with E-state index < -0.39 is 0 Å². The zero-order valence-electron chi connectivity index (χ0n) is 10.2. The summed E-state index contributed by atoms with van der Waals surface area (Å²) in [5.74, 6) is 0.738. The molecule has 18 heavy (non-hydrogen) atoms. The predicted molar refractivity (Wildman–Crippen MR) is 68.0 cm³/mol. The van der Waals surface area contributed by atoms with Crippen molar-refractivity contribution in [1.82, 2.24) is 4.98 Å². The Kier molecular flexibility index (Phi) is 3.87. The standard InChI is InChI=1S/C13H14N2O2S/c1-17-12(16)6-13(4-5-13)9-18-11-3-2-10(7-14)8-15-11/h2-3,8H,4-6,9H2,1H3. The molecule has 1 aromatic rings. The summed E-state index contributed by atoms with van der Waals surface area (Å²) in [7, 11) is 1.42. The van der Waals surface area contributed by atoms with Crippen LogP contribution in [0, 0.1) is 16.7 Å². The molecule has 94 valence electrons. The summed E-state index contributed by atoms with van der Waals surface area (Å²) in [6, 6.07) is 5.64. The van der Waals surface area contributed by atoms with E-state index in [1.165, 1.54) is 7.11 Å². The van der Waals surface area contributed by atoms with E-state index >= 15 is 0 Å². The molecular weight excluding hydrogens is 248 g/mol. The quantitative estimate of drug-likeness (QED) is 0.602. The van der Waals surface area contributed by atoms with Crippen molar-refractivity contribution in [1.29, 1.82) is 5.26 Å². The molecule has 1 aliphatic rings. The van der Waals surface area contributed by atoms with Crippen molar-refractivity contribution in [2.75, 3.05) is 12.9 Å². The summed E-state index contributed by atoms with van der Waals surface area (Å²) < 4.78 is 4.71. The minimum Gasteiger partial charge on any atom is -0.469 e. The number of rotatable bonds is 5. The Morgan fingerprint density at radius 1 is 1.61 bits per heavy atom. The van der Waals surface area contributed by atoms with Crippen LogP contribution in [0.25, 0.3) is 0 Å². The largest absolute Gasteiger partial charge is 0.469 e. The molecule has 0 N–H and O–H groups in total. The molecule has 0 bridgehead atoms. The fraction of sp³-hybridized carbons (Fsp3) is 0.462. The summed E-state index contributed by atoms with van der Waals surface area (Å²) in [5.41, 5.74) is 0.669. The molecule has 1 saturated carbocycles. The maximum absolute atomic E-state index is 11.3. The van der Waals surface area contributed by atoms with E-state index in [1.807, 2.05) is 12.1 Å². The molecule has 0 unspecified atom stereocenters. The number of thioether (sulfide) groups is 1. The molecule has 0 aromatic carbocycles. The SMILES string of the molecule is COC(=O)CC1(CSc2ccc(C#N)cn2)CC1. The van der Waals surface area contributed by atoms with Crippen molar-refractivity contribution >= 4 is 17.7 Å². The molecule has 1 aromatic heterocycles. The van der Waals surface area contributed by atoms with Crippen molar-refractivity contribution in [3.63, 3.8) is 0 Å². The van der Waals surface area contributed by atoms with Crippen LogP contribution in [0.3, 0.4) is 0 Å². The maximum Gasteiger partial charge on any atom is 0.306 e. The Hall–Kier alpha value is -1.54. The lowest BCUT2D eigenvalue weighted by Gasteiger charge is -2.12. The lowest BCUT2D eigenvalue weighted by atomic mass is 10.1. The topological polar surface area (TPSA) is 63.0 Å². The van der Waals surface area contributed by atoms with E-state index in [2.05, 4.69) is 4.98 Å². The van der Waals surface area contributed by atoms with Gasteiger partial charge in [0.25, 0.3) is 0 Å². The first-order chi connectivity index (χ1) is 8.67. The molecule has 1 fully saturated rings. The normalized spacial score (nSPS) is 15.8. The molecule has 4 nitrogen and oxygen atoms in total. The van der Waals surface area contributed by atoms with Gasteiger partial charge in [0.05, 0.1) is 24.1 Å². The van der Waals surface area contributed by atoms with Gasteiger partial charge in [-0.1, -0.05) is 0 Å². The first-order valence-electron chi connectivity index (χ1n) is 5.73. The number of methoxy groups -OCH3 is 1. The molecule has 1 heterocycles. The van der Waals surface area contributed by atoms with Crippen molar-refractivity contribution in [3.05, 3.63) is 23.9 Å². The fourth-order valence-electron chi connectivity index (χ4n) is 1.69. The second-order valence-corrected chi connectivity index (χ2v) is 5.53. The van der Waals surface area contributed by atoms with Gasteiger partial charge in [0.1, 0.15) is 6.07 Å². The summed E-state index contributed by atoms with van der Waals surface area (Å²) in [6.45, 7) is 0. The Morgan fingerprint density at radius 3 is 2.89 bits per heavy atom. The van der Waals surface area contributed by atoms with Gasteiger partial charge >= 0.3 is 5.97 Å². The molecule has 2 rings (SSSR count). The number of esters is 1. The van der Waals surface area contributed by atoms with Crippen LogP contribution in [0.5, 0.6) is 0 Å². The summed E-state index contributed by atoms with van der Waals surface area (Å²) in [4.78, 5) is 15.5. The molecule has 0 saturated heterocycles. The van der Waals surface area contributed by atoms with E-state index in [0.29, 0.717) is 12.0 Å². The van der Waals surface area contributed by atoms with E-state index in [4.69, 9.17) is 10.00 Å². The maximum atomic E-state index is 11.3. The van der Waals surface area contributed by atoms with Gasteiger partial charge in [0, 0.05) is 11.9 Å². The van der Waals surface area contributed by atoms with Gasteiger partial charge in [0.15, 0.2) is 0 Å². The third-order valence-electron chi connectivity index (χ3n) is 3.10. The van der Waals surface area contributed by atoms with Crippen molar-refractivity contribution in [3.8, 4) is 6.07 Å². The van der Waals surface area contributed by atoms with Gasteiger partial charge in [-0.3, -0.25) is 4.79 Å². The third-order valence-corrected chi connectivity index (χ3v) is 4.39. The van der Waals surface area contributed by atoms with Gasteiger partial charge in [-0.25, -0.2) is 4.98 Å². The van der Waals surface area contributed by atoms with Crippen LogP contribution in [0.2, 0.25) is 0 Å². The molecule has 1 aliphatic carbocycles. The third kappa shape index (κ3) is 3.23. The summed E-state index contributed by atoms with van der Waals surface area (Å²) in [6.07, 6.45) is 4.21. The summed E-state index contributed by atoms with van der Waals surface area (Å²) in [5, 5.41) is 9.57. The van der Waals surface area contributed by atoms with E-state index in [0.717, 1.165) is 23.6 Å². The minimum atomic E-state index is -0.138. The average molecular weight is 262 g/mol. The number of nitriles is 1. The first kappa shape index (κ1) is 12.9. The average Bonchev–Trinajstić information content (AvgIpc) is 3.17. The van der Waals surface area contributed by atoms with Crippen molar-refractivity contribution < 1.29 is 9.53 Å². The number of pyridine rings is 1. The molecule has 0 atom stereocenters. The Balaban J connectivity index is 1.87. The van der Waals surface area contributed by atoms with E-state index in [1.54, 1.807) is 24.0 Å². The van der Waals surface area contributed by atoms with Crippen LogP contribution in [0.4, 0.5) is 0 Å². The van der Waals surface area contributed by atoms with Gasteiger partial charge in [0.2, 0.25) is 0 Å². The Labute approximate surface area is 110 Å². The van der Waals surface area contributed by atoms with Crippen LogP contribution < -0.4 is 0 Å². The van der Waals surface area contributed by atoms with Crippen LogP contribution in [-0.4, -0.2) is 23.8 Å². The fourth-order valence-corrected chi connectivity index (χ4v) is 2.82. The van der Waals surface area contributed by atoms with Crippen LogP contribution >= 0.6 is 11.8 Å². The minimum absolute atomic E-state index is 0.105. The second-order valence-electron chi connectivity index (χ2n) is 4.54. The zero-order chi connectivity index (χ0) is 13.0. The highest BCUT2D eigenvalue weighted by Crippen LogP contribution is 2.51. The smallest absolute Gasteiger partial charge is 0.306 e. The van der Waals surface area contributed by atoms with Crippen LogP contribution in [-0.2, 0) is 9.53 Å². The monoisotopic (exact) mass is 262 g/mol. The number of carbonyl (C=O) groups excluding carboxylic acids is 1. The number of hydrogen-bond donors (Lipinski definition) is 0. The molecular formula is C13H14N2O2S. The lowest BCUT2D eigenvalue weighted by Crippen LogP contribution is -2.13. The summed E-state index contributed by atoms with van der Waals surface area (Å²) >= 11 is 1.63. The highest BCUT2D eigenvalue weighted by Gasteiger charge is 2.44. The molecule has 0 spiro atoms. The van der Waals surface area contributed by atoms with Crippen LogP contribution in [0.15, 0.2) is 23.4 Å². The zero-order valence-corrected chi connectivity index (χ0v) is 11.0. The van der Waals surface area contributed by atoms with E-state index in [-0.39, 0.29) is 11.4 Å². The molecule has 0 amide bonds. The van der Waals surface area contributed by atoms with Crippen molar-refractivity contribution in [2.45, 2.75) is 24.3 Å². The Bertz CT molecular complexity index is 475. The number of hydrogen-bond acceptors (Lipinski definition) is 5. The highest BCUT2D eigenvalue weighted by molar-refractivity contribution is 7.99. The number of nitrogens with zero attached hydrogens (tertiary/aromatic N) is 2. The molecule has 5 heteroatoms. The first-order valence-corrected chi connectivity index (χ1v) is 6.72. The number of aromatic nitrogens is 1. The van der Waals surface area contributed by atoms with E-state index in [9.17, 15) is 4.79 Å². The van der Waals surface area contributed by atoms with Gasteiger partial charge in [-0.2, -0.15) is 5.26 Å². The predicted octanol–water partition coefficient (Wildman–Crippen LogP) is 2.39.